The van der Waals surface area contributed by atoms with Gasteiger partial charge >= 0.3 is 0 Å². The van der Waals surface area contributed by atoms with Crippen LogP contribution in [0.4, 0.5) is 4.39 Å². The van der Waals surface area contributed by atoms with Crippen molar-refractivity contribution >= 4 is 12.0 Å². The number of allylic oxidation sites excluding steroid dienone is 1. The normalized spacial score (nSPS) is 22.6. The molecule has 4 rings (SSSR count). The van der Waals surface area contributed by atoms with E-state index in [-0.39, 0.29) is 36.2 Å². The Kier molecular flexibility index (Phi) is 5.13. The molecule has 5 nitrogen and oxygen atoms in total. The molecule has 1 aromatic heterocycles. The highest BCUT2D eigenvalue weighted by Crippen LogP contribution is 2.54. The van der Waals surface area contributed by atoms with Crippen LogP contribution < -0.4 is 0 Å². The standard InChI is InChI=1S/C23H26FN3O2/c1-3-26(10-11-28)22(29)13-18-5-4-17-12-21-16(14-23(17,18)2)15-25-27(21)20-8-6-19(24)7-9-20/h3,6-9,12,15,18,28H,1,4-5,10-11,13-14H2,2H3/t18-,23+/m1/s1. The van der Waals surface area contributed by atoms with Crippen LogP contribution in [0.3, 0.4) is 0 Å². The molecular weight excluding hydrogens is 369 g/mol. The first-order valence-corrected chi connectivity index (χ1v) is 10.0. The number of fused-ring (bicyclic) bond motifs is 2. The van der Waals surface area contributed by atoms with Gasteiger partial charge in [0, 0.05) is 13.0 Å². The van der Waals surface area contributed by atoms with Crippen LogP contribution in [0.5, 0.6) is 0 Å². The lowest BCUT2D eigenvalue weighted by molar-refractivity contribution is -0.130. The Morgan fingerprint density at radius 2 is 2.21 bits per heavy atom. The molecule has 1 aromatic carbocycles. The first-order chi connectivity index (χ1) is 14.0. The zero-order valence-corrected chi connectivity index (χ0v) is 16.6. The van der Waals surface area contributed by atoms with Crippen LogP contribution in [-0.2, 0) is 11.2 Å². The van der Waals surface area contributed by atoms with E-state index in [9.17, 15) is 9.18 Å². The molecule has 152 valence electrons. The van der Waals surface area contributed by atoms with E-state index in [0.717, 1.165) is 36.2 Å². The fraction of sp³-hybridized carbons (Fsp3) is 0.391. The van der Waals surface area contributed by atoms with Gasteiger partial charge in [-0.3, -0.25) is 4.79 Å². The predicted molar refractivity (Wildman–Crippen MR) is 110 cm³/mol. The number of hydrogen-bond acceptors (Lipinski definition) is 3. The number of aromatic nitrogens is 2. The van der Waals surface area contributed by atoms with Crippen molar-refractivity contribution < 1.29 is 14.3 Å². The first-order valence-electron chi connectivity index (χ1n) is 10.0. The van der Waals surface area contributed by atoms with Crippen LogP contribution in [-0.4, -0.2) is 38.8 Å². The summed E-state index contributed by atoms with van der Waals surface area (Å²) in [5.74, 6) is -0.0159. The summed E-state index contributed by atoms with van der Waals surface area (Å²) < 4.78 is 15.1. The van der Waals surface area contributed by atoms with Gasteiger partial charge in [-0.2, -0.15) is 5.10 Å². The highest BCUT2D eigenvalue weighted by atomic mass is 19.1. The maximum Gasteiger partial charge on any atom is 0.226 e. The number of rotatable bonds is 6. The van der Waals surface area contributed by atoms with Crippen LogP contribution in [0.15, 0.2) is 48.8 Å². The van der Waals surface area contributed by atoms with Gasteiger partial charge in [0.2, 0.25) is 5.91 Å². The van der Waals surface area contributed by atoms with E-state index in [1.165, 1.54) is 28.8 Å². The number of aliphatic hydroxyl groups excluding tert-OH is 1. The topological polar surface area (TPSA) is 58.4 Å². The number of aliphatic hydroxyl groups is 1. The summed E-state index contributed by atoms with van der Waals surface area (Å²) in [6.07, 6.45) is 8.79. The van der Waals surface area contributed by atoms with Crippen molar-refractivity contribution in [3.05, 3.63) is 65.9 Å². The lowest BCUT2D eigenvalue weighted by Gasteiger charge is -2.36. The second-order valence-electron chi connectivity index (χ2n) is 8.14. The van der Waals surface area contributed by atoms with Gasteiger partial charge in [0.05, 0.1) is 24.2 Å². The Hall–Kier alpha value is -2.73. The lowest BCUT2D eigenvalue weighted by atomic mass is 9.69. The molecule has 2 aromatic rings. The van der Waals surface area contributed by atoms with E-state index in [0.29, 0.717) is 6.42 Å². The molecule has 0 aliphatic heterocycles. The Labute approximate surface area is 170 Å². The molecular formula is C23H26FN3O2. The highest BCUT2D eigenvalue weighted by molar-refractivity contribution is 5.78. The molecule has 2 aliphatic carbocycles. The van der Waals surface area contributed by atoms with E-state index in [1.54, 1.807) is 12.1 Å². The summed E-state index contributed by atoms with van der Waals surface area (Å²) in [6, 6.07) is 6.35. The van der Waals surface area contributed by atoms with Crippen molar-refractivity contribution in [1.82, 2.24) is 14.7 Å². The van der Waals surface area contributed by atoms with Crippen LogP contribution in [0.2, 0.25) is 0 Å². The second-order valence-corrected chi connectivity index (χ2v) is 8.14. The third-order valence-corrected chi connectivity index (χ3v) is 6.53. The molecule has 1 amide bonds. The minimum atomic E-state index is -0.265. The van der Waals surface area contributed by atoms with Gasteiger partial charge in [-0.1, -0.05) is 19.1 Å². The van der Waals surface area contributed by atoms with Crippen molar-refractivity contribution in [2.45, 2.75) is 32.6 Å². The van der Waals surface area contributed by atoms with Crippen molar-refractivity contribution in [3.63, 3.8) is 0 Å². The number of nitrogens with zero attached hydrogens (tertiary/aromatic N) is 3. The van der Waals surface area contributed by atoms with E-state index in [1.807, 2.05) is 10.9 Å². The van der Waals surface area contributed by atoms with Gasteiger partial charge in [0.15, 0.2) is 0 Å². The molecule has 1 fully saturated rings. The molecule has 29 heavy (non-hydrogen) atoms. The third-order valence-electron chi connectivity index (χ3n) is 6.53. The van der Waals surface area contributed by atoms with Crippen LogP contribution in [0.25, 0.3) is 11.8 Å². The Bertz CT molecular complexity index is 963. The molecule has 2 aliphatic rings. The quantitative estimate of drug-likeness (QED) is 0.811. The third kappa shape index (κ3) is 3.42. The molecule has 6 heteroatoms. The molecule has 0 saturated heterocycles. The van der Waals surface area contributed by atoms with Gasteiger partial charge in [0.1, 0.15) is 5.82 Å². The Balaban J connectivity index is 1.59. The lowest BCUT2D eigenvalue weighted by Crippen LogP contribution is -2.35. The maximum absolute atomic E-state index is 13.3. The van der Waals surface area contributed by atoms with E-state index in [4.69, 9.17) is 5.11 Å². The average molecular weight is 395 g/mol. The minimum Gasteiger partial charge on any atom is -0.395 e. The van der Waals surface area contributed by atoms with Gasteiger partial charge in [0.25, 0.3) is 0 Å². The number of halogens is 1. The van der Waals surface area contributed by atoms with E-state index in [2.05, 4.69) is 24.7 Å². The molecule has 2 atom stereocenters. The number of carbonyl (C=O) groups is 1. The van der Waals surface area contributed by atoms with Crippen molar-refractivity contribution in [3.8, 4) is 5.69 Å². The zero-order valence-electron chi connectivity index (χ0n) is 16.6. The van der Waals surface area contributed by atoms with Crippen molar-refractivity contribution in [2.75, 3.05) is 13.2 Å². The number of benzene rings is 1. The van der Waals surface area contributed by atoms with Crippen LogP contribution in [0.1, 0.15) is 37.4 Å². The average Bonchev–Trinajstić information content (AvgIpc) is 3.25. The zero-order chi connectivity index (χ0) is 20.6. The fourth-order valence-corrected chi connectivity index (χ4v) is 4.80. The van der Waals surface area contributed by atoms with Crippen molar-refractivity contribution in [1.29, 1.82) is 0 Å². The van der Waals surface area contributed by atoms with Gasteiger partial charge in [-0.15, -0.1) is 0 Å². The molecule has 1 heterocycles. The smallest absolute Gasteiger partial charge is 0.226 e. The summed E-state index contributed by atoms with van der Waals surface area (Å²) in [5, 5.41) is 13.7. The maximum atomic E-state index is 13.3. The molecule has 0 bridgehead atoms. The van der Waals surface area contributed by atoms with Gasteiger partial charge < -0.3 is 10.0 Å². The molecule has 1 saturated carbocycles. The molecule has 0 unspecified atom stereocenters. The molecule has 1 N–H and O–H groups in total. The van der Waals surface area contributed by atoms with Gasteiger partial charge in [-0.25, -0.2) is 9.07 Å². The summed E-state index contributed by atoms with van der Waals surface area (Å²) >= 11 is 0. The second kappa shape index (κ2) is 7.59. The summed E-state index contributed by atoms with van der Waals surface area (Å²) in [6.45, 7) is 6.14. The predicted octanol–water partition coefficient (Wildman–Crippen LogP) is 3.72. The molecule has 0 spiro atoms. The van der Waals surface area contributed by atoms with Crippen molar-refractivity contribution in [2.24, 2.45) is 11.3 Å². The van der Waals surface area contributed by atoms with Crippen LogP contribution in [0, 0.1) is 17.2 Å². The molecule has 0 radical (unpaired) electrons. The Morgan fingerprint density at radius 1 is 1.45 bits per heavy atom. The Morgan fingerprint density at radius 3 is 2.90 bits per heavy atom. The number of hydrogen-bond donors (Lipinski definition) is 1. The van der Waals surface area contributed by atoms with E-state index >= 15 is 0 Å². The summed E-state index contributed by atoms with van der Waals surface area (Å²) in [5.41, 5.74) is 4.30. The summed E-state index contributed by atoms with van der Waals surface area (Å²) in [4.78, 5) is 14.2. The van der Waals surface area contributed by atoms with Crippen LogP contribution >= 0.6 is 0 Å². The largest absolute Gasteiger partial charge is 0.395 e. The minimum absolute atomic E-state index is 0.00864. The number of amides is 1. The first kappa shape index (κ1) is 19.6. The highest BCUT2D eigenvalue weighted by Gasteiger charge is 2.46. The monoisotopic (exact) mass is 395 g/mol. The van der Waals surface area contributed by atoms with Gasteiger partial charge in [-0.05, 0) is 72.7 Å². The number of carbonyl (C=O) groups excluding carboxylic acids is 1. The fourth-order valence-electron chi connectivity index (χ4n) is 4.80. The SMILES string of the molecule is C=CN(CCO)C(=O)C[C@H]1CCC2=Cc3c(cnn3-c3ccc(F)cc3)C[C@@]21C. The van der Waals surface area contributed by atoms with E-state index < -0.39 is 0 Å². The summed E-state index contributed by atoms with van der Waals surface area (Å²) in [7, 11) is 0.